The Labute approximate surface area is 127 Å². The first-order valence-corrected chi connectivity index (χ1v) is 7.56. The molecule has 1 fully saturated rings. The Morgan fingerprint density at radius 1 is 0.905 bits per heavy atom. The van der Waals surface area contributed by atoms with Gasteiger partial charge in [0.15, 0.2) is 5.82 Å². The fourth-order valence-corrected chi connectivity index (χ4v) is 3.45. The van der Waals surface area contributed by atoms with Gasteiger partial charge in [0.25, 0.3) is 0 Å². The highest BCUT2D eigenvalue weighted by atomic mass is 35.5. The molecular formula is C17H12ClN3. The quantitative estimate of drug-likeness (QED) is 0.838. The van der Waals surface area contributed by atoms with Crippen LogP contribution in [0.25, 0.3) is 5.57 Å². The molecule has 3 unspecified atom stereocenters. The van der Waals surface area contributed by atoms with Crippen LogP contribution in [0.5, 0.6) is 0 Å². The van der Waals surface area contributed by atoms with Crippen molar-refractivity contribution in [1.29, 1.82) is 0 Å². The van der Waals surface area contributed by atoms with Gasteiger partial charge in [0.05, 0.1) is 0 Å². The van der Waals surface area contributed by atoms with Gasteiger partial charge in [-0.15, -0.1) is 0 Å². The number of halogens is 1. The minimum Gasteiger partial charge on any atom is -0.213 e. The molecule has 0 N–H and O–H groups in total. The third-order valence-corrected chi connectivity index (χ3v) is 4.72. The molecule has 1 aromatic heterocycles. The van der Waals surface area contributed by atoms with E-state index in [1.807, 2.05) is 0 Å². The molecule has 1 saturated carbocycles. The van der Waals surface area contributed by atoms with Crippen molar-refractivity contribution in [2.75, 3.05) is 0 Å². The van der Waals surface area contributed by atoms with Crippen molar-refractivity contribution < 1.29 is 0 Å². The zero-order valence-corrected chi connectivity index (χ0v) is 11.9. The van der Waals surface area contributed by atoms with Crippen molar-refractivity contribution in [3.05, 3.63) is 71.1 Å². The summed E-state index contributed by atoms with van der Waals surface area (Å²) in [5, 5.41) is 0.287. The summed E-state index contributed by atoms with van der Waals surface area (Å²) >= 11 is 6.12. The summed E-state index contributed by atoms with van der Waals surface area (Å²) < 4.78 is 0. The molecule has 3 nitrogen and oxygen atoms in total. The summed E-state index contributed by atoms with van der Waals surface area (Å²) in [6.07, 6.45) is 17.2. The Morgan fingerprint density at radius 3 is 2.48 bits per heavy atom. The molecule has 0 aromatic carbocycles. The van der Waals surface area contributed by atoms with E-state index < -0.39 is 0 Å². The van der Waals surface area contributed by atoms with E-state index >= 15 is 0 Å². The first kappa shape index (κ1) is 11.6. The highest BCUT2D eigenvalue weighted by molar-refractivity contribution is 6.28. The van der Waals surface area contributed by atoms with Crippen LogP contribution in [0.2, 0.25) is 5.28 Å². The standard InChI is InChI=1S/C17H12ClN3/c18-17-20-15(10-6-5-9-7-11(9)8-10)19-16(21-17)14-12-3-1-2-4-13(12)14/h1-8,11-14H/t11?,12-,13?,14?/m0/s1. The maximum absolute atomic E-state index is 6.12. The Kier molecular flexibility index (Phi) is 2.22. The lowest BCUT2D eigenvalue weighted by atomic mass is 10.1. The number of hydrogen-bond acceptors (Lipinski definition) is 3. The number of fused-ring (bicyclic) bond motifs is 2. The van der Waals surface area contributed by atoms with Crippen LogP contribution in [0.4, 0.5) is 0 Å². The van der Waals surface area contributed by atoms with Gasteiger partial charge in [0.1, 0.15) is 5.82 Å². The molecule has 4 aliphatic carbocycles. The van der Waals surface area contributed by atoms with Crippen molar-refractivity contribution in [3.8, 4) is 0 Å². The number of rotatable bonds is 2. The maximum atomic E-state index is 6.12. The van der Waals surface area contributed by atoms with Crippen LogP contribution in [0.3, 0.4) is 0 Å². The van der Waals surface area contributed by atoms with Gasteiger partial charge in [-0.3, -0.25) is 0 Å². The van der Waals surface area contributed by atoms with Crippen LogP contribution in [-0.4, -0.2) is 15.0 Å². The SMILES string of the molecule is Clc1nc(C2=CC3C=C3C=C2)nc(C2C3C=CC=C[C@@H]32)n1. The molecule has 0 amide bonds. The van der Waals surface area contributed by atoms with E-state index in [1.54, 1.807) is 0 Å². The lowest BCUT2D eigenvalue weighted by Crippen LogP contribution is -2.03. The van der Waals surface area contributed by atoms with Crippen LogP contribution in [0, 0.1) is 17.8 Å². The van der Waals surface area contributed by atoms with Crippen LogP contribution in [0.15, 0.2) is 54.2 Å². The van der Waals surface area contributed by atoms with Gasteiger partial charge >= 0.3 is 0 Å². The van der Waals surface area contributed by atoms with Gasteiger partial charge < -0.3 is 0 Å². The van der Waals surface area contributed by atoms with Gasteiger partial charge in [-0.05, 0) is 29.0 Å². The van der Waals surface area contributed by atoms with Crippen LogP contribution in [-0.2, 0) is 0 Å². The predicted octanol–water partition coefficient (Wildman–Crippen LogP) is 3.49. The summed E-state index contributed by atoms with van der Waals surface area (Å²) in [6.45, 7) is 0. The Balaban J connectivity index is 1.52. The van der Waals surface area contributed by atoms with E-state index in [0.29, 0.717) is 29.5 Å². The zero-order valence-electron chi connectivity index (χ0n) is 11.1. The minimum atomic E-state index is 0.287. The largest absolute Gasteiger partial charge is 0.226 e. The van der Waals surface area contributed by atoms with Crippen molar-refractivity contribution >= 4 is 17.2 Å². The topological polar surface area (TPSA) is 38.7 Å². The van der Waals surface area contributed by atoms with E-state index in [0.717, 1.165) is 11.4 Å². The lowest BCUT2D eigenvalue weighted by molar-refractivity contribution is 0.837. The molecule has 4 atom stereocenters. The summed E-state index contributed by atoms with van der Waals surface area (Å²) in [6, 6.07) is 0. The molecular weight excluding hydrogens is 282 g/mol. The zero-order chi connectivity index (χ0) is 14.0. The van der Waals surface area contributed by atoms with E-state index in [-0.39, 0.29) is 5.28 Å². The number of aromatic nitrogens is 3. The summed E-state index contributed by atoms with van der Waals surface area (Å²) in [4.78, 5) is 13.3. The molecule has 0 saturated heterocycles. The average molecular weight is 294 g/mol. The third kappa shape index (κ3) is 1.84. The summed E-state index contributed by atoms with van der Waals surface area (Å²) in [5.74, 6) is 3.38. The second kappa shape index (κ2) is 4.01. The molecule has 21 heavy (non-hydrogen) atoms. The second-order valence-corrected chi connectivity index (χ2v) is 6.22. The molecule has 0 radical (unpaired) electrons. The van der Waals surface area contributed by atoms with Crippen molar-refractivity contribution in [2.24, 2.45) is 17.8 Å². The van der Waals surface area contributed by atoms with Crippen LogP contribution < -0.4 is 0 Å². The third-order valence-electron chi connectivity index (χ3n) is 4.55. The molecule has 0 aliphatic heterocycles. The smallest absolute Gasteiger partial charge is 0.213 e. The highest BCUT2D eigenvalue weighted by Crippen LogP contribution is 2.56. The van der Waals surface area contributed by atoms with E-state index in [1.165, 1.54) is 5.57 Å². The van der Waals surface area contributed by atoms with E-state index in [2.05, 4.69) is 63.6 Å². The molecule has 4 heteroatoms. The molecule has 5 rings (SSSR count). The van der Waals surface area contributed by atoms with E-state index in [4.69, 9.17) is 11.6 Å². The fraction of sp³-hybridized carbons (Fsp3) is 0.235. The molecule has 1 heterocycles. The normalized spacial score (nSPS) is 34.0. The van der Waals surface area contributed by atoms with Crippen molar-refractivity contribution in [3.63, 3.8) is 0 Å². The van der Waals surface area contributed by atoms with Gasteiger partial charge in [0, 0.05) is 17.4 Å². The Hall–Kier alpha value is -2.00. The van der Waals surface area contributed by atoms with Gasteiger partial charge in [-0.2, -0.15) is 4.98 Å². The number of nitrogens with zero attached hydrogens (tertiary/aromatic N) is 3. The predicted molar refractivity (Wildman–Crippen MR) is 81.5 cm³/mol. The van der Waals surface area contributed by atoms with Crippen molar-refractivity contribution in [1.82, 2.24) is 15.0 Å². The minimum absolute atomic E-state index is 0.287. The first-order valence-electron chi connectivity index (χ1n) is 7.18. The fourth-order valence-electron chi connectivity index (χ4n) is 3.28. The van der Waals surface area contributed by atoms with Gasteiger partial charge in [-0.25, -0.2) is 9.97 Å². The van der Waals surface area contributed by atoms with Gasteiger partial charge in [0.2, 0.25) is 5.28 Å². The first-order chi connectivity index (χ1) is 10.3. The Bertz CT molecular complexity index is 782. The number of hydrogen-bond donors (Lipinski definition) is 0. The maximum Gasteiger partial charge on any atom is 0.226 e. The van der Waals surface area contributed by atoms with E-state index in [9.17, 15) is 0 Å². The molecule has 0 bridgehead atoms. The second-order valence-electron chi connectivity index (χ2n) is 5.88. The molecule has 102 valence electrons. The molecule has 4 aliphatic rings. The van der Waals surface area contributed by atoms with Crippen LogP contribution in [0.1, 0.15) is 17.6 Å². The number of allylic oxidation sites excluding steroid dienone is 10. The summed E-state index contributed by atoms with van der Waals surface area (Å²) in [7, 11) is 0. The van der Waals surface area contributed by atoms with Gasteiger partial charge in [-0.1, -0.05) is 48.6 Å². The Morgan fingerprint density at radius 2 is 1.71 bits per heavy atom. The molecule has 1 aromatic rings. The highest BCUT2D eigenvalue weighted by Gasteiger charge is 2.50. The molecule has 0 spiro atoms. The monoisotopic (exact) mass is 293 g/mol. The lowest BCUT2D eigenvalue weighted by Gasteiger charge is -2.07. The average Bonchev–Trinajstić information content (AvgIpc) is 3.39. The van der Waals surface area contributed by atoms with Crippen LogP contribution >= 0.6 is 11.6 Å². The summed E-state index contributed by atoms with van der Waals surface area (Å²) in [5.41, 5.74) is 2.42. The van der Waals surface area contributed by atoms with Crippen molar-refractivity contribution in [2.45, 2.75) is 5.92 Å².